The molecule has 1 N–H and O–H groups in total. The minimum Gasteiger partial charge on any atom is -0.614 e. The largest absolute Gasteiger partial charge is 0.614 e. The molecule has 1 aromatic rings. The monoisotopic (exact) mass is 576 g/mol. The van der Waals surface area contributed by atoms with Crippen LogP contribution in [0.15, 0.2) is 41.6 Å². The second kappa shape index (κ2) is 9.51. The summed E-state index contributed by atoms with van der Waals surface area (Å²) in [4.78, 5) is 39.2. The van der Waals surface area contributed by atoms with E-state index >= 15 is 0 Å². The molecule has 2 aliphatic rings. The third-order valence-corrected chi connectivity index (χ3v) is 8.38. The normalized spacial score (nSPS) is 25.5. The molecule has 0 saturated carbocycles. The molecule has 3 rings (SSSR count). The van der Waals surface area contributed by atoms with Gasteiger partial charge in [-0.25, -0.2) is 4.79 Å². The van der Waals surface area contributed by atoms with E-state index < -0.39 is 50.1 Å². The Bertz CT molecular complexity index is 905. The van der Waals surface area contributed by atoms with Crippen molar-refractivity contribution in [1.82, 2.24) is 10.2 Å². The van der Waals surface area contributed by atoms with E-state index in [-0.39, 0.29) is 17.6 Å². The van der Waals surface area contributed by atoms with Crippen LogP contribution < -0.4 is 10.1 Å². The van der Waals surface area contributed by atoms with Gasteiger partial charge in [0.25, 0.3) is 11.8 Å². The average molecular weight is 578 g/mol. The summed E-state index contributed by atoms with van der Waals surface area (Å²) in [5, 5.41) is 1.91. The number of hydrogen-bond acceptors (Lipinski definition) is 6. The van der Waals surface area contributed by atoms with Crippen molar-refractivity contribution in [3.05, 3.63) is 41.6 Å². The van der Waals surface area contributed by atoms with Gasteiger partial charge in [0, 0.05) is 10.9 Å². The van der Waals surface area contributed by atoms with Gasteiger partial charge in [-0.3, -0.25) is 14.5 Å². The van der Waals surface area contributed by atoms with Crippen LogP contribution in [0.3, 0.4) is 0 Å². The smallest absolute Gasteiger partial charge is 0.355 e. The number of β-lactam (4-membered cyclic amide) rings is 1. The quantitative estimate of drug-likeness (QED) is 0.240. The van der Waals surface area contributed by atoms with Gasteiger partial charge in [0.1, 0.15) is 17.0 Å². The van der Waals surface area contributed by atoms with Crippen LogP contribution in [0.1, 0.15) is 20.8 Å². The number of carbonyl (C=O) groups is 3. The lowest BCUT2D eigenvalue weighted by Gasteiger charge is -2.50. The van der Waals surface area contributed by atoms with Crippen LogP contribution in [0.2, 0.25) is 0 Å². The number of esters is 1. The van der Waals surface area contributed by atoms with Crippen molar-refractivity contribution in [2.75, 3.05) is 11.9 Å². The molecule has 2 amide bonds. The Labute approximate surface area is 200 Å². The number of nitrogens with zero attached hydrogens (tertiary/aromatic N) is 1. The molecule has 8 nitrogen and oxygen atoms in total. The maximum absolute atomic E-state index is 13.0. The molecule has 0 spiro atoms. The minimum atomic E-state index is -1.60. The second-order valence-electron chi connectivity index (χ2n) is 7.90. The SMILES string of the molecule is CC(C)(C)OC(=O)C1=C(CBr)C(Br)[S+]([O-])[C@@H]2C(NC(=O)COc3ccccc3)C(=O)N12. The number of benzene rings is 1. The number of amides is 2. The molecule has 0 bridgehead atoms. The highest BCUT2D eigenvalue weighted by atomic mass is 79.9. The summed E-state index contributed by atoms with van der Waals surface area (Å²) in [5.74, 6) is -1.22. The number of fused-ring (bicyclic) bond motifs is 1. The summed E-state index contributed by atoms with van der Waals surface area (Å²) in [6, 6.07) is 7.74. The number of alkyl halides is 2. The Hall–Kier alpha value is -1.56. The van der Waals surface area contributed by atoms with Crippen LogP contribution in [0.25, 0.3) is 0 Å². The lowest BCUT2D eigenvalue weighted by molar-refractivity contribution is -0.159. The number of nitrogens with one attached hydrogen (secondary N) is 1. The summed E-state index contributed by atoms with van der Waals surface area (Å²) in [6.45, 7) is 4.86. The Morgan fingerprint density at radius 2 is 1.90 bits per heavy atom. The van der Waals surface area contributed by atoms with Gasteiger partial charge < -0.3 is 19.3 Å². The van der Waals surface area contributed by atoms with Crippen molar-refractivity contribution in [3.63, 3.8) is 0 Å². The molecule has 4 atom stereocenters. The van der Waals surface area contributed by atoms with Crippen LogP contribution in [0, 0.1) is 0 Å². The number of halogens is 2. The molecule has 0 aliphatic carbocycles. The van der Waals surface area contributed by atoms with Crippen LogP contribution in [-0.4, -0.2) is 60.3 Å². The first-order valence-electron chi connectivity index (χ1n) is 9.41. The van der Waals surface area contributed by atoms with E-state index in [9.17, 15) is 18.9 Å². The van der Waals surface area contributed by atoms with Gasteiger partial charge in [0.05, 0.1) is 0 Å². The molecule has 2 heterocycles. The maximum atomic E-state index is 13.0. The fourth-order valence-corrected chi connectivity index (χ4v) is 7.03. The molecule has 31 heavy (non-hydrogen) atoms. The Kier molecular flexibility index (Phi) is 7.39. The standard InChI is InChI=1S/C20H22Br2N2O6S/c1-20(2,3)30-19(27)15-12(9-21)16(22)31(28)18-14(17(26)24(15)18)23-13(25)10-29-11-7-5-4-6-8-11/h4-8,14,16,18H,9-10H2,1-3H3,(H,23,25)/t14?,16?,18-,31?/m1/s1. The van der Waals surface area contributed by atoms with Crippen LogP contribution >= 0.6 is 31.9 Å². The van der Waals surface area contributed by atoms with Gasteiger partial charge in [0.15, 0.2) is 16.8 Å². The molecular formula is C20H22Br2N2O6S. The fraction of sp³-hybridized carbons (Fsp3) is 0.450. The highest BCUT2D eigenvalue weighted by Gasteiger charge is 2.63. The van der Waals surface area contributed by atoms with Gasteiger partial charge in [-0.2, -0.15) is 0 Å². The topological polar surface area (TPSA) is 108 Å². The van der Waals surface area contributed by atoms with Crippen molar-refractivity contribution >= 4 is 60.8 Å². The van der Waals surface area contributed by atoms with E-state index in [1.807, 2.05) is 6.07 Å². The first-order valence-corrected chi connectivity index (χ1v) is 12.7. The van der Waals surface area contributed by atoms with E-state index in [1.54, 1.807) is 45.0 Å². The van der Waals surface area contributed by atoms with Gasteiger partial charge in [-0.1, -0.05) is 34.1 Å². The summed E-state index contributed by atoms with van der Waals surface area (Å²) in [7, 11) is 0. The zero-order chi connectivity index (χ0) is 22.9. The number of rotatable bonds is 6. The van der Waals surface area contributed by atoms with Crippen LogP contribution in [0.4, 0.5) is 0 Å². The van der Waals surface area contributed by atoms with Crippen molar-refractivity contribution in [2.24, 2.45) is 0 Å². The predicted molar refractivity (Wildman–Crippen MR) is 122 cm³/mol. The number of para-hydroxylation sites is 1. The molecule has 0 radical (unpaired) electrons. The first-order chi connectivity index (χ1) is 14.5. The van der Waals surface area contributed by atoms with E-state index in [1.165, 1.54) is 4.90 Å². The Balaban J connectivity index is 1.76. The summed E-state index contributed by atoms with van der Waals surface area (Å²) in [6.07, 6.45) is 0. The molecule has 0 aromatic heterocycles. The zero-order valence-electron chi connectivity index (χ0n) is 17.1. The molecule has 3 unspecified atom stereocenters. The third-order valence-electron chi connectivity index (χ3n) is 4.47. The molecule has 1 aromatic carbocycles. The molecule has 1 saturated heterocycles. The summed E-state index contributed by atoms with van der Waals surface area (Å²) in [5.41, 5.74) is -0.269. The van der Waals surface area contributed by atoms with Crippen LogP contribution in [-0.2, 0) is 30.3 Å². The summed E-state index contributed by atoms with van der Waals surface area (Å²) < 4.78 is 23.2. The third kappa shape index (κ3) is 5.10. The first kappa shape index (κ1) is 24.1. The van der Waals surface area contributed by atoms with Crippen molar-refractivity contribution in [3.8, 4) is 5.75 Å². The van der Waals surface area contributed by atoms with Gasteiger partial charge in [-0.05, 0) is 60.0 Å². The fourth-order valence-electron chi connectivity index (χ4n) is 3.16. The predicted octanol–water partition coefficient (Wildman–Crippen LogP) is 2.19. The van der Waals surface area contributed by atoms with Crippen molar-refractivity contribution in [2.45, 2.75) is 41.9 Å². The molecule has 11 heteroatoms. The number of carbonyl (C=O) groups excluding carboxylic acids is 3. The molecular weight excluding hydrogens is 556 g/mol. The zero-order valence-corrected chi connectivity index (χ0v) is 21.1. The van der Waals surface area contributed by atoms with Gasteiger partial charge >= 0.3 is 5.97 Å². The van der Waals surface area contributed by atoms with Gasteiger partial charge in [-0.15, -0.1) is 0 Å². The van der Waals surface area contributed by atoms with E-state index in [0.717, 1.165) is 0 Å². The van der Waals surface area contributed by atoms with Crippen LogP contribution in [0.5, 0.6) is 5.75 Å². The van der Waals surface area contributed by atoms with E-state index in [0.29, 0.717) is 11.3 Å². The number of hydrogen-bond donors (Lipinski definition) is 1. The highest BCUT2D eigenvalue weighted by molar-refractivity contribution is 9.11. The van der Waals surface area contributed by atoms with Crippen molar-refractivity contribution < 1.29 is 28.4 Å². The van der Waals surface area contributed by atoms with Crippen molar-refractivity contribution in [1.29, 1.82) is 0 Å². The lowest BCUT2D eigenvalue weighted by Crippen LogP contribution is -2.75. The Morgan fingerprint density at radius 3 is 2.48 bits per heavy atom. The molecule has 168 valence electrons. The number of ether oxygens (including phenoxy) is 2. The average Bonchev–Trinajstić information content (AvgIpc) is 2.71. The molecule has 2 aliphatic heterocycles. The molecule has 1 fully saturated rings. The van der Waals surface area contributed by atoms with Gasteiger partial charge in [0.2, 0.25) is 5.37 Å². The lowest BCUT2D eigenvalue weighted by atomic mass is 10.0. The minimum absolute atomic E-state index is 0.0503. The maximum Gasteiger partial charge on any atom is 0.355 e. The summed E-state index contributed by atoms with van der Waals surface area (Å²) >= 11 is 5.08. The Morgan fingerprint density at radius 1 is 1.26 bits per heavy atom. The van der Waals surface area contributed by atoms with E-state index in [2.05, 4.69) is 37.2 Å². The highest BCUT2D eigenvalue weighted by Crippen LogP contribution is 2.43. The van der Waals surface area contributed by atoms with E-state index in [4.69, 9.17) is 9.47 Å². The second-order valence-corrected chi connectivity index (χ2v) is 11.6.